The Bertz CT molecular complexity index is 519. The predicted molar refractivity (Wildman–Crippen MR) is 75.2 cm³/mol. The van der Waals surface area contributed by atoms with Crippen molar-refractivity contribution >= 4 is 10.8 Å². The van der Waals surface area contributed by atoms with Crippen molar-refractivity contribution in [3.8, 4) is 5.75 Å². The summed E-state index contributed by atoms with van der Waals surface area (Å²) in [6.07, 6.45) is 1.13. The Kier molecular flexibility index (Phi) is 4.21. The summed E-state index contributed by atoms with van der Waals surface area (Å²) in [7, 11) is 0. The maximum Gasteiger partial charge on any atom is 0.127 e. The summed E-state index contributed by atoms with van der Waals surface area (Å²) < 4.78 is 5.59. The molecule has 0 saturated heterocycles. The average molecular weight is 244 g/mol. The summed E-state index contributed by atoms with van der Waals surface area (Å²) in [4.78, 5) is 0. The van der Waals surface area contributed by atoms with E-state index in [2.05, 4.69) is 38.1 Å². The van der Waals surface area contributed by atoms with E-state index in [4.69, 9.17) is 9.84 Å². The molecule has 0 spiro atoms. The first-order valence-corrected chi connectivity index (χ1v) is 6.53. The lowest BCUT2D eigenvalue weighted by Crippen LogP contribution is -2.02. The van der Waals surface area contributed by atoms with Crippen LogP contribution in [-0.4, -0.2) is 18.3 Å². The van der Waals surface area contributed by atoms with Crippen LogP contribution in [0.4, 0.5) is 0 Å². The summed E-state index contributed by atoms with van der Waals surface area (Å²) in [5, 5.41) is 11.2. The molecule has 0 saturated carbocycles. The van der Waals surface area contributed by atoms with Crippen LogP contribution in [-0.2, 0) is 0 Å². The van der Waals surface area contributed by atoms with Crippen LogP contribution >= 0.6 is 0 Å². The van der Waals surface area contributed by atoms with Gasteiger partial charge in [-0.3, -0.25) is 0 Å². The zero-order chi connectivity index (χ0) is 13.0. The zero-order valence-corrected chi connectivity index (χ0v) is 11.0. The Morgan fingerprint density at radius 2 is 1.83 bits per heavy atom. The van der Waals surface area contributed by atoms with Gasteiger partial charge in [-0.1, -0.05) is 44.2 Å². The molecule has 2 aromatic rings. The van der Waals surface area contributed by atoms with E-state index < -0.39 is 0 Å². The first-order valence-electron chi connectivity index (χ1n) is 6.53. The summed E-state index contributed by atoms with van der Waals surface area (Å²) in [6.45, 7) is 4.83. The highest BCUT2D eigenvalue weighted by atomic mass is 16.5. The second kappa shape index (κ2) is 5.87. The highest BCUT2D eigenvalue weighted by molar-refractivity contribution is 5.91. The van der Waals surface area contributed by atoms with E-state index in [0.29, 0.717) is 12.5 Å². The lowest BCUT2D eigenvalue weighted by molar-refractivity contribution is 0.203. The second-order valence-electron chi connectivity index (χ2n) is 4.58. The van der Waals surface area contributed by atoms with E-state index in [9.17, 15) is 0 Å². The molecule has 96 valence electrons. The van der Waals surface area contributed by atoms with E-state index in [1.807, 2.05) is 12.1 Å². The van der Waals surface area contributed by atoms with Crippen molar-refractivity contribution in [1.82, 2.24) is 0 Å². The van der Waals surface area contributed by atoms with Gasteiger partial charge < -0.3 is 9.84 Å². The Balaban J connectivity index is 2.51. The average Bonchev–Trinajstić information content (AvgIpc) is 2.43. The number of benzene rings is 2. The Hall–Kier alpha value is -1.54. The number of fused-ring (bicyclic) bond motifs is 1. The largest absolute Gasteiger partial charge is 0.491 e. The van der Waals surface area contributed by atoms with Crippen LogP contribution in [0.3, 0.4) is 0 Å². The molecule has 2 nitrogen and oxygen atoms in total. The van der Waals surface area contributed by atoms with E-state index in [1.54, 1.807) is 0 Å². The summed E-state index contributed by atoms with van der Waals surface area (Å²) in [5.41, 5.74) is 1.37. The molecular formula is C16H20O2. The molecule has 18 heavy (non-hydrogen) atoms. The van der Waals surface area contributed by atoms with Crippen molar-refractivity contribution in [3.63, 3.8) is 0 Å². The molecule has 0 fully saturated rings. The second-order valence-corrected chi connectivity index (χ2v) is 4.58. The fourth-order valence-corrected chi connectivity index (χ4v) is 2.24. The highest BCUT2D eigenvalue weighted by Crippen LogP contribution is 2.32. The Morgan fingerprint density at radius 1 is 1.11 bits per heavy atom. The third kappa shape index (κ3) is 2.49. The van der Waals surface area contributed by atoms with Crippen LogP contribution in [0.1, 0.15) is 31.7 Å². The van der Waals surface area contributed by atoms with Crippen LogP contribution in [0.15, 0.2) is 36.4 Å². The van der Waals surface area contributed by atoms with Gasteiger partial charge in [-0.15, -0.1) is 0 Å². The van der Waals surface area contributed by atoms with Crippen molar-refractivity contribution in [1.29, 1.82) is 0 Å². The van der Waals surface area contributed by atoms with Crippen LogP contribution in [0.25, 0.3) is 10.8 Å². The summed E-state index contributed by atoms with van der Waals surface area (Å²) in [5.74, 6) is 1.40. The molecule has 0 bridgehead atoms. The van der Waals surface area contributed by atoms with Gasteiger partial charge in [-0.25, -0.2) is 0 Å². The van der Waals surface area contributed by atoms with E-state index in [-0.39, 0.29) is 6.61 Å². The Labute approximate surface area is 108 Å². The molecule has 1 unspecified atom stereocenters. The van der Waals surface area contributed by atoms with Crippen molar-refractivity contribution in [3.05, 3.63) is 42.0 Å². The van der Waals surface area contributed by atoms with Crippen molar-refractivity contribution < 1.29 is 9.84 Å². The maximum atomic E-state index is 8.86. The van der Waals surface area contributed by atoms with Gasteiger partial charge in [0.2, 0.25) is 0 Å². The summed E-state index contributed by atoms with van der Waals surface area (Å²) in [6, 6.07) is 12.5. The molecule has 0 amide bonds. The Morgan fingerprint density at radius 3 is 2.56 bits per heavy atom. The van der Waals surface area contributed by atoms with Crippen molar-refractivity contribution in [2.24, 2.45) is 0 Å². The molecular weight excluding hydrogens is 224 g/mol. The molecule has 0 aliphatic heterocycles. The minimum Gasteiger partial charge on any atom is -0.491 e. The first kappa shape index (κ1) is 12.9. The number of rotatable bonds is 5. The molecule has 2 heteroatoms. The third-order valence-electron chi connectivity index (χ3n) is 3.41. The van der Waals surface area contributed by atoms with Gasteiger partial charge in [0.05, 0.1) is 6.61 Å². The van der Waals surface area contributed by atoms with Crippen LogP contribution in [0, 0.1) is 0 Å². The van der Waals surface area contributed by atoms with Crippen LogP contribution < -0.4 is 4.74 Å². The molecule has 1 N–H and O–H groups in total. The molecule has 0 aliphatic carbocycles. The molecule has 0 heterocycles. The zero-order valence-electron chi connectivity index (χ0n) is 11.0. The summed E-state index contributed by atoms with van der Waals surface area (Å²) >= 11 is 0. The fraction of sp³-hybridized carbons (Fsp3) is 0.375. The number of ether oxygens (including phenoxy) is 1. The van der Waals surface area contributed by atoms with Crippen LogP contribution in [0.2, 0.25) is 0 Å². The lowest BCUT2D eigenvalue weighted by Gasteiger charge is -2.14. The van der Waals surface area contributed by atoms with Gasteiger partial charge in [-0.2, -0.15) is 0 Å². The van der Waals surface area contributed by atoms with E-state index in [1.165, 1.54) is 10.9 Å². The number of aliphatic hydroxyl groups excluding tert-OH is 1. The molecule has 1 atom stereocenters. The van der Waals surface area contributed by atoms with Gasteiger partial charge in [0, 0.05) is 5.39 Å². The molecule has 2 aromatic carbocycles. The minimum absolute atomic E-state index is 0.0431. The van der Waals surface area contributed by atoms with E-state index in [0.717, 1.165) is 17.6 Å². The van der Waals surface area contributed by atoms with Gasteiger partial charge in [0.1, 0.15) is 12.4 Å². The van der Waals surface area contributed by atoms with Crippen LogP contribution in [0.5, 0.6) is 5.75 Å². The number of hydrogen-bond donors (Lipinski definition) is 1. The normalized spacial score (nSPS) is 12.6. The predicted octanol–water partition coefficient (Wildman–Crippen LogP) is 3.72. The van der Waals surface area contributed by atoms with Gasteiger partial charge >= 0.3 is 0 Å². The van der Waals surface area contributed by atoms with E-state index >= 15 is 0 Å². The quantitative estimate of drug-likeness (QED) is 0.868. The highest BCUT2D eigenvalue weighted by Gasteiger charge is 2.09. The minimum atomic E-state index is 0.0431. The van der Waals surface area contributed by atoms with Gasteiger partial charge in [0.15, 0.2) is 0 Å². The standard InChI is InChI=1S/C16H20O2/c1-3-12(2)13-6-4-8-15-14(13)7-5-9-16(15)18-11-10-17/h4-9,12,17H,3,10-11H2,1-2H3. The molecule has 2 rings (SSSR count). The monoisotopic (exact) mass is 244 g/mol. The third-order valence-corrected chi connectivity index (χ3v) is 3.41. The smallest absolute Gasteiger partial charge is 0.127 e. The fourth-order valence-electron chi connectivity index (χ4n) is 2.24. The van der Waals surface area contributed by atoms with Crippen molar-refractivity contribution in [2.75, 3.05) is 13.2 Å². The molecule has 0 radical (unpaired) electrons. The maximum absolute atomic E-state index is 8.86. The number of aliphatic hydroxyl groups is 1. The molecule has 0 aromatic heterocycles. The van der Waals surface area contributed by atoms with Crippen molar-refractivity contribution in [2.45, 2.75) is 26.2 Å². The topological polar surface area (TPSA) is 29.5 Å². The first-order chi connectivity index (χ1) is 8.77. The SMILES string of the molecule is CCC(C)c1cccc2c(OCCO)cccc12. The molecule has 0 aliphatic rings. The lowest BCUT2D eigenvalue weighted by atomic mass is 9.93. The van der Waals surface area contributed by atoms with Gasteiger partial charge in [-0.05, 0) is 29.4 Å². The van der Waals surface area contributed by atoms with Gasteiger partial charge in [0.25, 0.3) is 0 Å². The number of hydrogen-bond acceptors (Lipinski definition) is 2.